The fourth-order valence-corrected chi connectivity index (χ4v) is 8.18. The van der Waals surface area contributed by atoms with Gasteiger partial charge in [-0.3, -0.25) is 14.4 Å². The van der Waals surface area contributed by atoms with Crippen molar-refractivity contribution in [1.29, 1.82) is 0 Å². The molecule has 0 spiro atoms. The molecule has 1 aliphatic carbocycles. The molecule has 2 aromatic carbocycles. The number of aromatic hydroxyl groups is 1. The molecule has 2 saturated heterocycles. The molecule has 3 heterocycles. The third-order valence-electron chi connectivity index (χ3n) is 11.6. The number of carbonyl (C=O) groups excluding carboxylic acids is 2. The third-order valence-corrected chi connectivity index (χ3v) is 11.6. The lowest BCUT2D eigenvalue weighted by Crippen LogP contribution is -2.59. The maximum Gasteiger partial charge on any atom is 0.202 e. The molecule has 8 atom stereocenters. The number of ether oxygens (including phenoxy) is 2. The summed E-state index contributed by atoms with van der Waals surface area (Å²) in [6, 6.07) is 4.28. The molecule has 3 N–H and O–H groups in total. The summed E-state index contributed by atoms with van der Waals surface area (Å²) in [5, 5.41) is 34.6. The summed E-state index contributed by atoms with van der Waals surface area (Å²) in [7, 11) is 7.46. The molecule has 1 aromatic heterocycles. The number of aliphatic hydroxyl groups excluding tert-OH is 2. The fraction of sp³-hybridized carbons (Fsp3) is 0.488. The van der Waals surface area contributed by atoms with Gasteiger partial charge in [-0.2, -0.15) is 0 Å². The summed E-state index contributed by atoms with van der Waals surface area (Å²) in [4.78, 5) is 47.3. The normalized spacial score (nSPS) is 29.7. The highest BCUT2D eigenvalue weighted by atomic mass is 16.5. The van der Waals surface area contributed by atoms with Gasteiger partial charge in [0.05, 0.1) is 53.1 Å². The van der Waals surface area contributed by atoms with Gasteiger partial charge in [-0.15, -0.1) is 0 Å². The zero-order chi connectivity index (χ0) is 38.1. The topological polar surface area (TPSA) is 150 Å². The van der Waals surface area contributed by atoms with E-state index in [2.05, 4.69) is 0 Å². The second-order valence-corrected chi connectivity index (χ2v) is 15.3. The van der Waals surface area contributed by atoms with Crippen LogP contribution in [0.3, 0.4) is 0 Å². The van der Waals surface area contributed by atoms with Crippen molar-refractivity contribution in [3.63, 3.8) is 0 Å². The van der Waals surface area contributed by atoms with E-state index < -0.39 is 59.5 Å². The van der Waals surface area contributed by atoms with E-state index in [1.54, 1.807) is 52.0 Å². The number of hydrogen-bond acceptors (Lipinski definition) is 11. The van der Waals surface area contributed by atoms with Gasteiger partial charge in [-0.05, 0) is 111 Å². The van der Waals surface area contributed by atoms with Gasteiger partial charge in [0.2, 0.25) is 5.78 Å². The Balaban J connectivity index is 1.64. The van der Waals surface area contributed by atoms with Gasteiger partial charge in [0.1, 0.15) is 11.5 Å². The molecule has 0 bridgehead atoms. The van der Waals surface area contributed by atoms with Crippen LogP contribution in [-0.4, -0.2) is 101 Å². The number of aliphatic hydroxyl groups is 2. The molecule has 0 unspecified atom stereocenters. The second kappa shape index (κ2) is 13.8. The highest BCUT2D eigenvalue weighted by molar-refractivity contribution is 6.33. The van der Waals surface area contributed by atoms with Crippen molar-refractivity contribution in [2.24, 2.45) is 0 Å². The molecule has 6 rings (SSSR count). The van der Waals surface area contributed by atoms with E-state index in [1.165, 1.54) is 6.07 Å². The van der Waals surface area contributed by atoms with Crippen LogP contribution in [0.25, 0.3) is 16.5 Å². The molecule has 3 aromatic rings. The van der Waals surface area contributed by atoms with Crippen molar-refractivity contribution in [2.75, 3.05) is 28.2 Å². The number of likely N-dealkylation sites (N-methyl/N-ethyl adjacent to an activating group) is 2. The first kappa shape index (κ1) is 37.8. The summed E-state index contributed by atoms with van der Waals surface area (Å²) in [6.07, 6.45) is 1.55. The molecule has 2 fully saturated rings. The summed E-state index contributed by atoms with van der Waals surface area (Å²) in [5.74, 6) is -1.35. The number of hydrogen-bond donors (Lipinski definition) is 3. The Bertz CT molecular complexity index is 2080. The maximum atomic E-state index is 15.0. The SMILES string of the molecule is C/C=C/C=C(\C)c1cc(=O)c2c(C)cc3c(c2o1)C(=O)c1c(O)c([C@H]2C[C@@](C)(N(C)C)[C@H](O)[C@@H](C)O2)cc([C@H]2C[C@@H](N(C)C)[C@H](O)[C@@H](C)O2)c1C3=O. The quantitative estimate of drug-likeness (QED) is 0.225. The Labute approximate surface area is 304 Å². The van der Waals surface area contributed by atoms with Crippen molar-refractivity contribution in [3.05, 3.63) is 91.4 Å². The van der Waals surface area contributed by atoms with Crippen LogP contribution in [0.15, 0.2) is 45.6 Å². The number of phenols is 1. The first-order valence-electron chi connectivity index (χ1n) is 17.8. The van der Waals surface area contributed by atoms with Gasteiger partial charge in [-0.1, -0.05) is 18.2 Å². The number of carbonyl (C=O) groups is 2. The van der Waals surface area contributed by atoms with E-state index >= 15 is 0 Å². The minimum Gasteiger partial charge on any atom is -0.507 e. The predicted octanol–water partition coefficient (Wildman–Crippen LogP) is 5.23. The molecule has 0 radical (unpaired) electrons. The number of allylic oxidation sites excluding steroid dienone is 4. The van der Waals surface area contributed by atoms with Crippen LogP contribution in [0, 0.1) is 6.92 Å². The van der Waals surface area contributed by atoms with E-state index in [4.69, 9.17) is 13.9 Å². The van der Waals surface area contributed by atoms with E-state index in [9.17, 15) is 29.7 Å². The summed E-state index contributed by atoms with van der Waals surface area (Å²) >= 11 is 0. The molecule has 278 valence electrons. The standard InChI is InChI=1S/C41H50N2O9/c1-11-12-13-19(2)28-17-27(44)31-20(3)14-25-33(39(31)52-28)38(48)34-32(37(25)47)23(29-16-26(42(7)8)35(45)21(4)50-29)15-24(36(34)46)30-18-41(6,43(9)10)40(49)22(5)51-30/h11-15,17,21-22,26,29-30,35,40,45-46,49H,16,18H2,1-10H3/b12-11+,19-13+/t21-,22-,26-,29-,30-,35-,40-,41-/m1/s1. The van der Waals surface area contributed by atoms with Crippen LogP contribution in [0.2, 0.25) is 0 Å². The van der Waals surface area contributed by atoms with E-state index in [0.717, 1.165) is 0 Å². The first-order chi connectivity index (χ1) is 24.4. The van der Waals surface area contributed by atoms with E-state index in [-0.39, 0.29) is 62.4 Å². The molecule has 2 aliphatic heterocycles. The van der Waals surface area contributed by atoms with Crippen LogP contribution in [0.1, 0.15) is 114 Å². The summed E-state index contributed by atoms with van der Waals surface area (Å²) in [6.45, 7) is 10.8. The van der Waals surface area contributed by atoms with Crippen molar-refractivity contribution >= 4 is 28.1 Å². The van der Waals surface area contributed by atoms with Crippen LogP contribution >= 0.6 is 0 Å². The number of ketones is 2. The maximum absolute atomic E-state index is 15.0. The van der Waals surface area contributed by atoms with Gasteiger partial charge in [0.15, 0.2) is 16.8 Å². The minimum absolute atomic E-state index is 0.00511. The van der Waals surface area contributed by atoms with Gasteiger partial charge < -0.3 is 39.0 Å². The number of benzene rings is 2. The molecule has 11 heteroatoms. The molecular weight excluding hydrogens is 664 g/mol. The predicted molar refractivity (Wildman–Crippen MR) is 198 cm³/mol. The van der Waals surface area contributed by atoms with Crippen molar-refractivity contribution in [1.82, 2.24) is 9.80 Å². The van der Waals surface area contributed by atoms with Crippen LogP contribution in [0.4, 0.5) is 0 Å². The Kier molecular flexibility index (Phi) is 10.0. The van der Waals surface area contributed by atoms with Crippen LogP contribution in [-0.2, 0) is 9.47 Å². The Morgan fingerprint density at radius 1 is 0.923 bits per heavy atom. The average molecular weight is 715 g/mol. The Morgan fingerprint density at radius 2 is 1.60 bits per heavy atom. The largest absolute Gasteiger partial charge is 0.507 e. The smallest absolute Gasteiger partial charge is 0.202 e. The van der Waals surface area contributed by atoms with Gasteiger partial charge in [-0.25, -0.2) is 0 Å². The number of fused-ring (bicyclic) bond motifs is 4. The number of nitrogens with zero attached hydrogens (tertiary/aromatic N) is 2. The highest BCUT2D eigenvalue weighted by Crippen LogP contribution is 2.49. The Hall–Kier alpha value is -3.97. The number of rotatable bonds is 6. The summed E-state index contributed by atoms with van der Waals surface area (Å²) in [5.41, 5.74) is 0.384. The zero-order valence-corrected chi connectivity index (χ0v) is 31.6. The van der Waals surface area contributed by atoms with Crippen molar-refractivity contribution < 1.29 is 38.8 Å². The van der Waals surface area contributed by atoms with Gasteiger partial charge in [0, 0.05) is 34.3 Å². The molecule has 0 saturated carbocycles. The molecule has 11 nitrogen and oxygen atoms in total. The lowest BCUT2D eigenvalue weighted by atomic mass is 9.74. The molecule has 52 heavy (non-hydrogen) atoms. The second-order valence-electron chi connectivity index (χ2n) is 15.3. The lowest BCUT2D eigenvalue weighted by Gasteiger charge is -2.49. The van der Waals surface area contributed by atoms with Gasteiger partial charge in [0.25, 0.3) is 0 Å². The van der Waals surface area contributed by atoms with E-state index in [1.807, 2.05) is 57.9 Å². The first-order valence-corrected chi connectivity index (χ1v) is 17.8. The monoisotopic (exact) mass is 714 g/mol. The fourth-order valence-electron chi connectivity index (χ4n) is 8.18. The van der Waals surface area contributed by atoms with Crippen LogP contribution < -0.4 is 5.43 Å². The molecule has 3 aliphatic rings. The van der Waals surface area contributed by atoms with E-state index in [0.29, 0.717) is 23.1 Å². The molecule has 0 amide bonds. The van der Waals surface area contributed by atoms with Crippen molar-refractivity contribution in [2.45, 2.75) is 103 Å². The summed E-state index contributed by atoms with van der Waals surface area (Å²) < 4.78 is 19.1. The minimum atomic E-state index is -0.852. The molecular formula is C41H50N2O9. The van der Waals surface area contributed by atoms with Gasteiger partial charge >= 0.3 is 0 Å². The zero-order valence-electron chi connectivity index (χ0n) is 31.6. The Morgan fingerprint density at radius 3 is 2.23 bits per heavy atom. The average Bonchev–Trinajstić information content (AvgIpc) is 3.08. The number of phenolic OH excluding ortho intramolecular Hbond substituents is 1. The van der Waals surface area contributed by atoms with Crippen molar-refractivity contribution in [3.8, 4) is 5.75 Å². The highest BCUT2D eigenvalue weighted by Gasteiger charge is 2.49. The van der Waals surface area contributed by atoms with Crippen LogP contribution in [0.5, 0.6) is 5.75 Å². The third kappa shape index (κ3) is 5.97. The lowest BCUT2D eigenvalue weighted by molar-refractivity contribution is -0.176. The number of aryl methyl sites for hydroxylation is 1.